The summed E-state index contributed by atoms with van der Waals surface area (Å²) in [6.45, 7) is -0.180. The van der Waals surface area contributed by atoms with Crippen LogP contribution < -0.4 is 14.8 Å². The highest BCUT2D eigenvalue weighted by Gasteiger charge is 2.35. The van der Waals surface area contributed by atoms with E-state index in [9.17, 15) is 14.4 Å². The number of hydrogen-bond acceptors (Lipinski definition) is 6. The molecule has 0 radical (unpaired) electrons. The average Bonchev–Trinajstić information content (AvgIpc) is 3.07. The molecule has 32 heavy (non-hydrogen) atoms. The summed E-state index contributed by atoms with van der Waals surface area (Å²) in [6, 6.07) is 20.4. The van der Waals surface area contributed by atoms with Crippen molar-refractivity contribution in [3.8, 4) is 11.5 Å². The molecule has 0 atom stereocenters. The van der Waals surface area contributed by atoms with Gasteiger partial charge in [-0.3, -0.25) is 14.4 Å². The van der Waals surface area contributed by atoms with Gasteiger partial charge < -0.3 is 14.8 Å². The van der Waals surface area contributed by atoms with Crippen molar-refractivity contribution in [1.82, 2.24) is 5.01 Å². The van der Waals surface area contributed by atoms with E-state index in [0.717, 1.165) is 5.01 Å². The zero-order chi connectivity index (χ0) is 22.5. The Balaban J connectivity index is 1.33. The van der Waals surface area contributed by atoms with Gasteiger partial charge >= 0.3 is 0 Å². The van der Waals surface area contributed by atoms with Crippen molar-refractivity contribution >= 4 is 29.6 Å². The number of para-hydroxylation sites is 2. The van der Waals surface area contributed by atoms with Crippen molar-refractivity contribution in [2.45, 2.75) is 0 Å². The number of anilines is 1. The number of amides is 3. The first-order valence-corrected chi connectivity index (χ1v) is 9.74. The standard InChI is InChI=1S/C24H19N3O5/c1-31-21-9-5-4-8-20(21)26-22(28)15-32-17-12-10-16(11-13-17)14-25-27-23(29)18-6-2-3-7-19(18)24(27)30/h2-14H,15H2,1H3,(H,26,28). The highest BCUT2D eigenvalue weighted by Crippen LogP contribution is 2.24. The van der Waals surface area contributed by atoms with E-state index in [0.29, 0.717) is 33.9 Å². The maximum atomic E-state index is 12.3. The average molecular weight is 429 g/mol. The predicted molar refractivity (Wildman–Crippen MR) is 118 cm³/mol. The molecule has 3 amide bonds. The highest BCUT2D eigenvalue weighted by molar-refractivity contribution is 6.21. The second kappa shape index (κ2) is 9.13. The minimum Gasteiger partial charge on any atom is -0.495 e. The number of hydrazone groups is 1. The number of ether oxygens (including phenoxy) is 2. The quantitative estimate of drug-likeness (QED) is 0.459. The Labute approximate surface area is 184 Å². The SMILES string of the molecule is COc1ccccc1NC(=O)COc1ccc(C=NN2C(=O)c3ccccc3C2=O)cc1. The summed E-state index contributed by atoms with van der Waals surface area (Å²) in [5.41, 5.74) is 1.89. The third kappa shape index (κ3) is 4.34. The zero-order valence-electron chi connectivity index (χ0n) is 17.1. The molecule has 3 aromatic rings. The highest BCUT2D eigenvalue weighted by atomic mass is 16.5. The van der Waals surface area contributed by atoms with Gasteiger partial charge in [-0.2, -0.15) is 10.1 Å². The van der Waals surface area contributed by atoms with Gasteiger partial charge in [0.25, 0.3) is 17.7 Å². The Morgan fingerprint density at radius 1 is 0.938 bits per heavy atom. The van der Waals surface area contributed by atoms with Crippen molar-refractivity contribution in [2.75, 3.05) is 19.0 Å². The van der Waals surface area contributed by atoms with Gasteiger partial charge in [-0.15, -0.1) is 0 Å². The molecule has 1 aliphatic rings. The fraction of sp³-hybridized carbons (Fsp3) is 0.0833. The second-order valence-corrected chi connectivity index (χ2v) is 6.82. The normalized spacial score (nSPS) is 12.7. The van der Waals surface area contributed by atoms with E-state index in [-0.39, 0.29) is 12.5 Å². The van der Waals surface area contributed by atoms with E-state index in [4.69, 9.17) is 9.47 Å². The summed E-state index contributed by atoms with van der Waals surface area (Å²) in [5, 5.41) is 7.61. The number of nitrogens with one attached hydrogen (secondary N) is 1. The van der Waals surface area contributed by atoms with Crippen molar-refractivity contribution in [3.05, 3.63) is 89.5 Å². The van der Waals surface area contributed by atoms with Crippen LogP contribution in [0.2, 0.25) is 0 Å². The Kier molecular flexibility index (Phi) is 5.94. The number of benzene rings is 3. The largest absolute Gasteiger partial charge is 0.495 e. The molecule has 0 spiro atoms. The molecule has 3 aromatic carbocycles. The number of rotatable bonds is 7. The number of carbonyl (C=O) groups excluding carboxylic acids is 3. The van der Waals surface area contributed by atoms with Crippen molar-refractivity contribution in [3.63, 3.8) is 0 Å². The summed E-state index contributed by atoms with van der Waals surface area (Å²) in [7, 11) is 1.53. The van der Waals surface area contributed by atoms with Gasteiger partial charge in [0, 0.05) is 0 Å². The van der Waals surface area contributed by atoms with Crippen LogP contribution in [0.3, 0.4) is 0 Å². The van der Waals surface area contributed by atoms with Gasteiger partial charge in [-0.05, 0) is 54.1 Å². The van der Waals surface area contributed by atoms with Crippen LogP contribution in [0, 0.1) is 0 Å². The summed E-state index contributed by atoms with van der Waals surface area (Å²) in [5.74, 6) is -0.197. The maximum absolute atomic E-state index is 12.3. The number of fused-ring (bicyclic) bond motifs is 1. The van der Waals surface area contributed by atoms with Crippen LogP contribution in [0.1, 0.15) is 26.3 Å². The third-order valence-corrected chi connectivity index (χ3v) is 4.73. The lowest BCUT2D eigenvalue weighted by molar-refractivity contribution is -0.118. The van der Waals surface area contributed by atoms with Crippen LogP contribution in [-0.2, 0) is 4.79 Å². The molecule has 1 aliphatic heterocycles. The first-order chi connectivity index (χ1) is 15.6. The summed E-state index contributed by atoms with van der Waals surface area (Å²) in [6.07, 6.45) is 1.42. The van der Waals surface area contributed by atoms with Crippen LogP contribution in [0.5, 0.6) is 11.5 Å². The van der Waals surface area contributed by atoms with Crippen molar-refractivity contribution in [1.29, 1.82) is 0 Å². The number of imide groups is 1. The third-order valence-electron chi connectivity index (χ3n) is 4.73. The molecule has 4 rings (SSSR count). The van der Waals surface area contributed by atoms with Gasteiger partial charge in [0.1, 0.15) is 11.5 Å². The molecular weight excluding hydrogens is 410 g/mol. The lowest BCUT2D eigenvalue weighted by atomic mass is 10.1. The lowest BCUT2D eigenvalue weighted by Gasteiger charge is -2.10. The number of nitrogens with zero attached hydrogens (tertiary/aromatic N) is 2. The number of methoxy groups -OCH3 is 1. The van der Waals surface area contributed by atoms with Gasteiger partial charge in [-0.25, -0.2) is 0 Å². The Morgan fingerprint density at radius 2 is 1.56 bits per heavy atom. The first-order valence-electron chi connectivity index (χ1n) is 9.74. The predicted octanol–water partition coefficient (Wildman–Crippen LogP) is 3.34. The molecule has 1 N–H and O–H groups in total. The zero-order valence-corrected chi connectivity index (χ0v) is 17.1. The van der Waals surface area contributed by atoms with Crippen LogP contribution in [0.25, 0.3) is 0 Å². The number of hydrogen-bond donors (Lipinski definition) is 1. The van der Waals surface area contributed by atoms with Crippen molar-refractivity contribution < 1.29 is 23.9 Å². The fourth-order valence-electron chi connectivity index (χ4n) is 3.14. The Morgan fingerprint density at radius 3 is 2.22 bits per heavy atom. The van der Waals surface area contributed by atoms with Gasteiger partial charge in [0.15, 0.2) is 6.61 Å². The van der Waals surface area contributed by atoms with Crippen LogP contribution in [0.4, 0.5) is 5.69 Å². The molecule has 0 unspecified atom stereocenters. The molecule has 0 bridgehead atoms. The van der Waals surface area contributed by atoms with E-state index >= 15 is 0 Å². The van der Waals surface area contributed by atoms with E-state index < -0.39 is 11.8 Å². The molecule has 8 nitrogen and oxygen atoms in total. The molecule has 0 fully saturated rings. The Bertz CT molecular complexity index is 1170. The van der Waals surface area contributed by atoms with E-state index in [1.165, 1.54) is 13.3 Å². The van der Waals surface area contributed by atoms with Crippen molar-refractivity contribution in [2.24, 2.45) is 5.10 Å². The molecule has 8 heteroatoms. The van der Waals surface area contributed by atoms with E-state index in [2.05, 4.69) is 10.4 Å². The topological polar surface area (TPSA) is 97.3 Å². The summed E-state index contributed by atoms with van der Waals surface area (Å²) in [4.78, 5) is 36.8. The minimum absolute atomic E-state index is 0.180. The molecule has 0 aliphatic carbocycles. The monoisotopic (exact) mass is 429 g/mol. The molecule has 0 saturated carbocycles. The molecule has 0 aromatic heterocycles. The minimum atomic E-state index is -0.456. The molecule has 0 saturated heterocycles. The second-order valence-electron chi connectivity index (χ2n) is 6.82. The number of carbonyl (C=O) groups is 3. The van der Waals surface area contributed by atoms with Gasteiger partial charge in [-0.1, -0.05) is 24.3 Å². The molecule has 1 heterocycles. The first kappa shape index (κ1) is 20.8. The van der Waals surface area contributed by atoms with Crippen LogP contribution >= 0.6 is 0 Å². The van der Waals surface area contributed by atoms with Crippen LogP contribution in [-0.4, -0.2) is 42.7 Å². The smallest absolute Gasteiger partial charge is 0.282 e. The van der Waals surface area contributed by atoms with Gasteiger partial charge in [0.2, 0.25) is 0 Å². The van der Waals surface area contributed by atoms with Crippen LogP contribution in [0.15, 0.2) is 77.9 Å². The van der Waals surface area contributed by atoms with E-state index in [1.54, 1.807) is 66.7 Å². The van der Waals surface area contributed by atoms with E-state index in [1.807, 2.05) is 6.07 Å². The fourth-order valence-corrected chi connectivity index (χ4v) is 3.14. The lowest BCUT2D eigenvalue weighted by Crippen LogP contribution is -2.24. The molecule has 160 valence electrons. The Hall–Kier alpha value is -4.46. The summed E-state index contributed by atoms with van der Waals surface area (Å²) < 4.78 is 10.7. The van der Waals surface area contributed by atoms with Gasteiger partial charge in [0.05, 0.1) is 30.1 Å². The molecular formula is C24H19N3O5. The summed E-state index contributed by atoms with van der Waals surface area (Å²) >= 11 is 0. The maximum Gasteiger partial charge on any atom is 0.282 e.